The Kier molecular flexibility index (Phi) is 3.10. The predicted molar refractivity (Wildman–Crippen MR) is 52.1 cm³/mol. The van der Waals surface area contributed by atoms with Gasteiger partial charge in [-0.3, -0.25) is 0 Å². The van der Waals surface area contributed by atoms with Gasteiger partial charge in [0, 0.05) is 0 Å². The summed E-state index contributed by atoms with van der Waals surface area (Å²) in [4.78, 5) is 0. The molecule has 0 saturated carbocycles. The Morgan fingerprint density at radius 3 is 2.25 bits per heavy atom. The van der Waals surface area contributed by atoms with Crippen molar-refractivity contribution in [3.63, 3.8) is 0 Å². The van der Waals surface area contributed by atoms with Gasteiger partial charge >= 0.3 is 3.98 Å². The van der Waals surface area contributed by atoms with Crippen LogP contribution < -0.4 is 4.74 Å². The lowest BCUT2D eigenvalue weighted by molar-refractivity contribution is 0.318. The van der Waals surface area contributed by atoms with E-state index in [0.717, 1.165) is 5.56 Å². The maximum Gasteiger partial charge on any atom is 0.338 e. The average molecular weight is 226 g/mol. The van der Waals surface area contributed by atoms with Crippen LogP contribution in [0, 0.1) is 6.92 Å². The molecule has 0 saturated heterocycles. The van der Waals surface area contributed by atoms with Crippen LogP contribution in [-0.4, -0.2) is 3.98 Å². The summed E-state index contributed by atoms with van der Waals surface area (Å²) in [5.74, 6) is 0.581. The molecule has 0 amide bonds. The summed E-state index contributed by atoms with van der Waals surface area (Å²) in [6.45, 7) is 1.88. The van der Waals surface area contributed by atoms with Gasteiger partial charge in [-0.25, -0.2) is 0 Å². The minimum Gasteiger partial charge on any atom is -0.445 e. The van der Waals surface area contributed by atoms with Crippen LogP contribution >= 0.6 is 34.8 Å². The molecule has 0 aliphatic rings. The largest absolute Gasteiger partial charge is 0.445 e. The lowest BCUT2D eigenvalue weighted by atomic mass is 10.2. The van der Waals surface area contributed by atoms with E-state index >= 15 is 0 Å². The van der Waals surface area contributed by atoms with Crippen LogP contribution in [0.1, 0.15) is 5.56 Å². The number of alkyl halides is 3. The zero-order valence-electron chi connectivity index (χ0n) is 6.35. The molecule has 0 aliphatic heterocycles. The number of benzene rings is 1. The van der Waals surface area contributed by atoms with Crippen LogP contribution in [0.2, 0.25) is 0 Å². The zero-order valence-corrected chi connectivity index (χ0v) is 8.62. The first-order chi connectivity index (χ1) is 5.49. The SMILES string of the molecule is Cc1ccccc1OC(Cl)(Cl)Cl. The molecule has 0 heterocycles. The monoisotopic (exact) mass is 224 g/mol. The Bertz CT molecular complexity index is 267. The summed E-state index contributed by atoms with van der Waals surface area (Å²) in [6.07, 6.45) is 0. The minimum atomic E-state index is -1.69. The molecule has 0 atom stereocenters. The van der Waals surface area contributed by atoms with Gasteiger partial charge in [0.05, 0.1) is 0 Å². The highest BCUT2D eigenvalue weighted by molar-refractivity contribution is 6.66. The molecule has 1 rings (SSSR count). The van der Waals surface area contributed by atoms with Crippen molar-refractivity contribution in [1.82, 2.24) is 0 Å². The Morgan fingerprint density at radius 2 is 1.75 bits per heavy atom. The second kappa shape index (κ2) is 3.73. The second-order valence-corrected chi connectivity index (χ2v) is 4.49. The molecule has 0 aliphatic carbocycles. The summed E-state index contributed by atoms with van der Waals surface area (Å²) in [6, 6.07) is 7.34. The number of para-hydroxylation sites is 1. The topological polar surface area (TPSA) is 9.23 Å². The van der Waals surface area contributed by atoms with Gasteiger partial charge in [0.15, 0.2) is 0 Å². The molecule has 0 spiro atoms. The number of aryl methyl sites for hydroxylation is 1. The van der Waals surface area contributed by atoms with Crippen LogP contribution in [-0.2, 0) is 0 Å². The van der Waals surface area contributed by atoms with Gasteiger partial charge in [0.25, 0.3) is 0 Å². The van der Waals surface area contributed by atoms with Crippen LogP contribution in [0.3, 0.4) is 0 Å². The van der Waals surface area contributed by atoms with Crippen LogP contribution in [0.15, 0.2) is 24.3 Å². The van der Waals surface area contributed by atoms with Crippen molar-refractivity contribution >= 4 is 34.8 Å². The van der Waals surface area contributed by atoms with Crippen LogP contribution in [0.4, 0.5) is 0 Å². The highest BCUT2D eigenvalue weighted by atomic mass is 35.6. The molecule has 66 valence electrons. The number of halogens is 3. The number of hydrogen-bond acceptors (Lipinski definition) is 1. The van der Waals surface area contributed by atoms with Crippen molar-refractivity contribution in [1.29, 1.82) is 0 Å². The maximum absolute atomic E-state index is 5.45. The van der Waals surface area contributed by atoms with E-state index in [4.69, 9.17) is 39.5 Å². The second-order valence-electron chi connectivity index (χ2n) is 2.31. The van der Waals surface area contributed by atoms with Gasteiger partial charge in [-0.1, -0.05) is 18.2 Å². The van der Waals surface area contributed by atoms with Gasteiger partial charge in [-0.15, -0.1) is 0 Å². The molecule has 1 aromatic carbocycles. The molecule has 0 N–H and O–H groups in total. The van der Waals surface area contributed by atoms with Gasteiger partial charge < -0.3 is 4.74 Å². The van der Waals surface area contributed by atoms with Gasteiger partial charge in [-0.05, 0) is 53.4 Å². The highest BCUT2D eigenvalue weighted by Gasteiger charge is 2.22. The van der Waals surface area contributed by atoms with E-state index in [-0.39, 0.29) is 0 Å². The fourth-order valence-corrected chi connectivity index (χ4v) is 1.04. The highest BCUT2D eigenvalue weighted by Crippen LogP contribution is 2.31. The minimum absolute atomic E-state index is 0.581. The third-order valence-electron chi connectivity index (χ3n) is 1.32. The molecule has 0 bridgehead atoms. The molecule has 1 aromatic rings. The first-order valence-electron chi connectivity index (χ1n) is 3.30. The Labute approximate surface area is 86.2 Å². The van der Waals surface area contributed by atoms with Gasteiger partial charge in [0.2, 0.25) is 0 Å². The number of ether oxygens (including phenoxy) is 1. The third-order valence-corrected chi connectivity index (χ3v) is 1.55. The van der Waals surface area contributed by atoms with Crippen LogP contribution in [0.5, 0.6) is 5.75 Å². The van der Waals surface area contributed by atoms with E-state index in [1.807, 2.05) is 25.1 Å². The third kappa shape index (κ3) is 3.10. The van der Waals surface area contributed by atoms with Gasteiger partial charge in [0.1, 0.15) is 5.75 Å². The van der Waals surface area contributed by atoms with E-state index < -0.39 is 3.98 Å². The zero-order chi connectivity index (χ0) is 9.19. The first kappa shape index (κ1) is 9.97. The molecule has 12 heavy (non-hydrogen) atoms. The fraction of sp³-hybridized carbons (Fsp3) is 0.250. The fourth-order valence-electron chi connectivity index (χ4n) is 0.796. The molecule has 0 unspecified atom stereocenters. The molecule has 0 aromatic heterocycles. The number of hydrogen-bond donors (Lipinski definition) is 0. The quantitative estimate of drug-likeness (QED) is 0.662. The van der Waals surface area contributed by atoms with Gasteiger partial charge in [-0.2, -0.15) is 0 Å². The Morgan fingerprint density at radius 1 is 1.17 bits per heavy atom. The van der Waals surface area contributed by atoms with Crippen molar-refractivity contribution in [3.8, 4) is 5.75 Å². The molecular weight excluding hydrogens is 218 g/mol. The lowest BCUT2D eigenvalue weighted by Crippen LogP contribution is -2.13. The molecule has 0 fully saturated rings. The lowest BCUT2D eigenvalue weighted by Gasteiger charge is -2.14. The summed E-state index contributed by atoms with van der Waals surface area (Å²) in [5, 5.41) is 0. The summed E-state index contributed by atoms with van der Waals surface area (Å²) < 4.78 is 3.34. The maximum atomic E-state index is 5.45. The predicted octanol–water partition coefficient (Wildman–Crippen LogP) is 3.70. The molecule has 0 radical (unpaired) electrons. The molecule has 4 heteroatoms. The van der Waals surface area contributed by atoms with E-state index in [0.29, 0.717) is 5.75 Å². The van der Waals surface area contributed by atoms with Crippen molar-refractivity contribution < 1.29 is 4.74 Å². The first-order valence-corrected chi connectivity index (χ1v) is 4.44. The Balaban J connectivity index is 2.83. The number of rotatable bonds is 1. The summed E-state index contributed by atoms with van der Waals surface area (Å²) >= 11 is 16.3. The normalized spacial score (nSPS) is 11.3. The van der Waals surface area contributed by atoms with Crippen molar-refractivity contribution in [2.24, 2.45) is 0 Å². The van der Waals surface area contributed by atoms with Crippen molar-refractivity contribution in [3.05, 3.63) is 29.8 Å². The average Bonchev–Trinajstić information content (AvgIpc) is 1.91. The smallest absolute Gasteiger partial charge is 0.338 e. The Hall–Kier alpha value is -0.110. The summed E-state index contributed by atoms with van der Waals surface area (Å²) in [7, 11) is 0. The summed E-state index contributed by atoms with van der Waals surface area (Å²) in [5.41, 5.74) is 0.934. The van der Waals surface area contributed by atoms with Crippen molar-refractivity contribution in [2.75, 3.05) is 0 Å². The molecule has 1 nitrogen and oxygen atoms in total. The van der Waals surface area contributed by atoms with Crippen molar-refractivity contribution in [2.45, 2.75) is 10.9 Å². The van der Waals surface area contributed by atoms with E-state index in [1.54, 1.807) is 6.07 Å². The van der Waals surface area contributed by atoms with E-state index in [2.05, 4.69) is 0 Å². The van der Waals surface area contributed by atoms with E-state index in [1.165, 1.54) is 0 Å². The molecular formula is C8H7Cl3O. The van der Waals surface area contributed by atoms with E-state index in [9.17, 15) is 0 Å². The standard InChI is InChI=1S/C8H7Cl3O/c1-6-4-2-3-5-7(6)12-8(9,10)11/h2-5H,1H3. The van der Waals surface area contributed by atoms with Crippen LogP contribution in [0.25, 0.3) is 0 Å².